The first-order chi connectivity index (χ1) is 18.8. The molecule has 0 spiro atoms. The van der Waals surface area contributed by atoms with Gasteiger partial charge in [0.2, 0.25) is 0 Å². The van der Waals surface area contributed by atoms with Crippen molar-refractivity contribution in [2.24, 2.45) is 5.92 Å². The van der Waals surface area contributed by atoms with Crippen LogP contribution in [0, 0.1) is 35.9 Å². The van der Waals surface area contributed by atoms with Crippen LogP contribution >= 0.6 is 9.24 Å². The van der Waals surface area contributed by atoms with E-state index in [2.05, 4.69) is 66.7 Å². The van der Waals surface area contributed by atoms with Gasteiger partial charge in [-0.2, -0.15) is 0 Å². The van der Waals surface area contributed by atoms with Gasteiger partial charge in [-0.3, -0.25) is 10.2 Å². The van der Waals surface area contributed by atoms with Gasteiger partial charge in [-0.25, -0.2) is 8.78 Å². The zero-order valence-corrected chi connectivity index (χ0v) is 26.3. The second kappa shape index (κ2) is 25.2. The van der Waals surface area contributed by atoms with E-state index >= 15 is 0 Å². The molecule has 0 bridgehead atoms. The number of hydrogen-bond donors (Lipinski definition) is 2. The third-order valence-corrected chi connectivity index (χ3v) is 5.97. The van der Waals surface area contributed by atoms with E-state index < -0.39 is 5.91 Å². The lowest BCUT2D eigenvalue weighted by molar-refractivity contribution is 0.204. The van der Waals surface area contributed by atoms with Crippen molar-refractivity contribution < 1.29 is 8.78 Å². The van der Waals surface area contributed by atoms with Crippen LogP contribution in [0.1, 0.15) is 97.5 Å². The third kappa shape index (κ3) is 21.7. The van der Waals surface area contributed by atoms with E-state index in [1.807, 2.05) is 21.4 Å². The number of alkyl halides is 1. The third-order valence-electron chi connectivity index (χ3n) is 5.97. The molecule has 2 aliphatic rings. The van der Waals surface area contributed by atoms with E-state index in [4.69, 9.17) is 0 Å². The lowest BCUT2D eigenvalue weighted by atomic mass is 9.89. The molecular weight excluding hydrogens is 507 g/mol. The molecule has 2 N–H and O–H groups in total. The molecule has 2 saturated carbocycles. The number of likely N-dealkylation sites (N-methyl/N-ethyl adjacent to an activating group) is 1. The minimum atomic E-state index is -0.750. The van der Waals surface area contributed by atoms with Crippen LogP contribution in [0.5, 0.6) is 0 Å². The molecule has 1 aromatic carbocycles. The van der Waals surface area contributed by atoms with Gasteiger partial charge in [0.05, 0.1) is 6.17 Å². The highest BCUT2D eigenvalue weighted by molar-refractivity contribution is 7.17. The van der Waals surface area contributed by atoms with Crippen molar-refractivity contribution >= 4 is 9.24 Å². The summed E-state index contributed by atoms with van der Waals surface area (Å²) < 4.78 is 24.8. The van der Waals surface area contributed by atoms with E-state index in [-0.39, 0.29) is 12.0 Å². The van der Waals surface area contributed by atoms with Gasteiger partial charge in [-0.1, -0.05) is 81.6 Å². The first-order valence-corrected chi connectivity index (χ1v) is 15.3. The first kappa shape index (κ1) is 37.2. The maximum absolute atomic E-state index is 13.9. The van der Waals surface area contributed by atoms with Crippen molar-refractivity contribution in [3.63, 3.8) is 0 Å². The summed E-state index contributed by atoms with van der Waals surface area (Å²) in [5.41, 5.74) is 1.81. The topological polar surface area (TPSA) is 27.3 Å². The molecule has 0 saturated heterocycles. The summed E-state index contributed by atoms with van der Waals surface area (Å²) in [5.74, 6) is 8.77. The summed E-state index contributed by atoms with van der Waals surface area (Å²) in [6.07, 6.45) is 20.0. The van der Waals surface area contributed by atoms with E-state index in [0.717, 1.165) is 30.9 Å². The molecule has 39 heavy (non-hydrogen) atoms. The van der Waals surface area contributed by atoms with Gasteiger partial charge in [0.1, 0.15) is 11.7 Å². The van der Waals surface area contributed by atoms with Crippen LogP contribution in [0.15, 0.2) is 35.9 Å². The Balaban J connectivity index is 0.00000123. The monoisotopic (exact) mass is 561 g/mol. The number of rotatable bonds is 10. The molecule has 3 nitrogen and oxygen atoms in total. The zero-order chi connectivity index (χ0) is 29.3. The van der Waals surface area contributed by atoms with E-state index in [9.17, 15) is 8.78 Å². The summed E-state index contributed by atoms with van der Waals surface area (Å²) in [5, 5.41) is 7.15. The van der Waals surface area contributed by atoms with Gasteiger partial charge in [-0.15, -0.1) is 21.6 Å². The normalized spacial score (nSPS) is 15.9. The van der Waals surface area contributed by atoms with Gasteiger partial charge >= 0.3 is 0 Å². The number of hydrogen-bond acceptors (Lipinski definition) is 3. The zero-order valence-electron chi connectivity index (χ0n) is 25.2. The average molecular weight is 562 g/mol. The second-order valence-electron chi connectivity index (χ2n) is 10.1. The van der Waals surface area contributed by atoms with Gasteiger partial charge in [-0.05, 0) is 65.6 Å². The number of terminal acetylenes is 1. The van der Waals surface area contributed by atoms with Crippen LogP contribution in [-0.2, 0) is 6.54 Å². The van der Waals surface area contributed by atoms with Gasteiger partial charge < -0.3 is 5.32 Å². The molecular formula is C33H54F2N3P. The molecule has 0 heterocycles. The fourth-order valence-electron chi connectivity index (χ4n) is 3.86. The van der Waals surface area contributed by atoms with Crippen LogP contribution in [0.25, 0.3) is 0 Å². The fourth-order valence-corrected chi connectivity index (χ4v) is 3.86. The number of halogens is 2. The second-order valence-corrected chi connectivity index (χ2v) is 11.0. The summed E-state index contributed by atoms with van der Waals surface area (Å²) in [6, 6.07) is 6.94. The summed E-state index contributed by atoms with van der Waals surface area (Å²) in [4.78, 5) is 2.24. The summed E-state index contributed by atoms with van der Waals surface area (Å²) in [7, 11) is 4.09. The smallest absolute Gasteiger partial charge is 0.127 e. The van der Waals surface area contributed by atoms with Crippen LogP contribution < -0.4 is 10.6 Å². The molecule has 0 amide bonds. The summed E-state index contributed by atoms with van der Waals surface area (Å²) in [6.45, 7) is 9.52. The highest BCUT2D eigenvalue weighted by Gasteiger charge is 2.20. The maximum Gasteiger partial charge on any atom is 0.127 e. The van der Waals surface area contributed by atoms with Crippen molar-refractivity contribution in [2.45, 2.75) is 111 Å². The Bertz CT molecular complexity index is 856. The number of unbranched alkanes of at least 4 members (excludes halogenated alkanes) is 1. The molecule has 220 valence electrons. The Labute approximate surface area is 241 Å². The van der Waals surface area contributed by atoms with Crippen LogP contribution in [-0.4, -0.2) is 37.2 Å². The van der Waals surface area contributed by atoms with Crippen molar-refractivity contribution in [2.75, 3.05) is 20.3 Å². The molecule has 1 aromatic rings. The van der Waals surface area contributed by atoms with Crippen LogP contribution in [0.2, 0.25) is 0 Å². The highest BCUT2D eigenvalue weighted by Crippen LogP contribution is 2.23. The number of allylic oxidation sites excluding steroid dienone is 1. The van der Waals surface area contributed by atoms with Gasteiger partial charge in [0, 0.05) is 30.8 Å². The maximum atomic E-state index is 13.9. The minimum Gasteiger partial charge on any atom is -0.300 e. The van der Waals surface area contributed by atoms with Gasteiger partial charge in [0.15, 0.2) is 0 Å². The first-order valence-electron chi connectivity index (χ1n) is 14.6. The van der Waals surface area contributed by atoms with Gasteiger partial charge in [0.25, 0.3) is 0 Å². The Morgan fingerprint density at radius 1 is 1.18 bits per heavy atom. The largest absolute Gasteiger partial charge is 0.300 e. The Morgan fingerprint density at radius 2 is 1.74 bits per heavy atom. The summed E-state index contributed by atoms with van der Waals surface area (Å²) >= 11 is 0. The number of nitrogens with zero attached hydrogens (tertiary/aromatic N) is 1. The van der Waals surface area contributed by atoms with E-state index in [1.54, 1.807) is 13.0 Å². The SMILES string of the molecule is C#CC.C/C=C(/C#CCCC)C(NCC1CCCCC1)N(C)CNCc1ccccc1F.C1CC1.CC(F)P. The average Bonchev–Trinajstić information content (AvgIpc) is 3.80. The van der Waals surface area contributed by atoms with E-state index in [1.165, 1.54) is 64.4 Å². The molecule has 3 atom stereocenters. The molecule has 3 rings (SSSR count). The standard InChI is InChI=1S/C25H38FN3.C3H6.C3H4.C2H6FP/c1-4-6-8-15-22(5-2)25(28-18-21-13-9-7-10-14-21)29(3)20-27-19-23-16-11-12-17-24(23)26;1-2-3-1;1-3-2;1-2(3)4/h5,11-12,16-17,21,25,27-28H,4,6-7,9-10,13-14,18-20H2,1-3H3;1-3H2;1H,2H3;2H,4H2,1H3/b22-5-;;;. The van der Waals surface area contributed by atoms with Crippen LogP contribution in [0.4, 0.5) is 8.78 Å². The Kier molecular flexibility index (Phi) is 24.1. The lowest BCUT2D eigenvalue weighted by Gasteiger charge is -2.32. The molecule has 0 aromatic heterocycles. The molecule has 3 unspecified atom stereocenters. The minimum absolute atomic E-state index is 0.0689. The molecule has 0 radical (unpaired) electrons. The lowest BCUT2D eigenvalue weighted by Crippen LogP contribution is -2.49. The predicted octanol–water partition coefficient (Wildman–Crippen LogP) is 8.04. The number of nitrogens with one attached hydrogen (secondary N) is 2. The number of benzene rings is 1. The predicted molar refractivity (Wildman–Crippen MR) is 169 cm³/mol. The van der Waals surface area contributed by atoms with Crippen molar-refractivity contribution in [1.29, 1.82) is 0 Å². The van der Waals surface area contributed by atoms with E-state index in [0.29, 0.717) is 18.8 Å². The van der Waals surface area contributed by atoms with Crippen molar-refractivity contribution in [1.82, 2.24) is 15.5 Å². The Hall–Kier alpha value is -1.75. The van der Waals surface area contributed by atoms with Crippen molar-refractivity contribution in [3.05, 3.63) is 47.3 Å². The highest BCUT2D eigenvalue weighted by atomic mass is 31.0. The molecule has 0 aliphatic heterocycles. The molecule has 2 aliphatic carbocycles. The molecule has 6 heteroatoms. The Morgan fingerprint density at radius 3 is 2.26 bits per heavy atom. The van der Waals surface area contributed by atoms with Crippen molar-refractivity contribution in [3.8, 4) is 24.2 Å². The van der Waals surface area contributed by atoms with Crippen LogP contribution in [0.3, 0.4) is 0 Å². The molecule has 2 fully saturated rings. The quantitative estimate of drug-likeness (QED) is 0.172. The fraction of sp³-hybridized carbons (Fsp3) is 0.636.